The molecule has 0 aliphatic rings. The van der Waals surface area contributed by atoms with E-state index in [1.165, 1.54) is 0 Å². The third-order valence-electron chi connectivity index (χ3n) is 3.25. The van der Waals surface area contributed by atoms with Crippen LogP contribution in [0, 0.1) is 0 Å². The van der Waals surface area contributed by atoms with Crippen LogP contribution in [0.5, 0.6) is 0 Å². The summed E-state index contributed by atoms with van der Waals surface area (Å²) in [6, 6.07) is 8.51. The predicted octanol–water partition coefficient (Wildman–Crippen LogP) is 3.16. The Balaban J connectivity index is 1.91. The lowest BCUT2D eigenvalue weighted by molar-refractivity contribution is 0.391. The van der Waals surface area contributed by atoms with Gasteiger partial charge in [0.1, 0.15) is 5.52 Å². The van der Waals surface area contributed by atoms with Crippen molar-refractivity contribution in [3.05, 3.63) is 24.3 Å². The number of hydrogen-bond acceptors (Lipinski definition) is 3. The van der Waals surface area contributed by atoms with E-state index in [1.807, 2.05) is 22.9 Å². The smallest absolute Gasteiger partial charge is 0.113 e. The van der Waals surface area contributed by atoms with Crippen LogP contribution in [-0.2, 0) is 0 Å². The Morgan fingerprint density at radius 1 is 1.26 bits per heavy atom. The highest BCUT2D eigenvalue weighted by atomic mass is 15.4. The normalized spacial score (nSPS) is 13.9. The summed E-state index contributed by atoms with van der Waals surface area (Å²) in [5.41, 5.74) is 2.30. The second-order valence-corrected chi connectivity index (χ2v) is 6.19. The minimum atomic E-state index is 0.198. The van der Waals surface area contributed by atoms with E-state index in [0.29, 0.717) is 6.04 Å². The maximum atomic E-state index is 4.27. The van der Waals surface area contributed by atoms with Gasteiger partial charge in [0.2, 0.25) is 0 Å². The zero-order chi connectivity index (χ0) is 13.9. The minimum absolute atomic E-state index is 0.198. The number of nitrogens with zero attached hydrogens (tertiary/aromatic N) is 3. The molecule has 4 nitrogen and oxygen atoms in total. The monoisotopic (exact) mass is 260 g/mol. The maximum absolute atomic E-state index is 4.27. The quantitative estimate of drug-likeness (QED) is 0.840. The fourth-order valence-corrected chi connectivity index (χ4v) is 2.20. The molecule has 0 saturated carbocycles. The summed E-state index contributed by atoms with van der Waals surface area (Å²) in [5.74, 6) is 0. The van der Waals surface area contributed by atoms with Gasteiger partial charge in [-0.05, 0) is 59.2 Å². The van der Waals surface area contributed by atoms with Gasteiger partial charge in [-0.25, -0.2) is 4.68 Å². The molecule has 0 amide bonds. The lowest BCUT2D eigenvalue weighted by Crippen LogP contribution is -2.36. The zero-order valence-corrected chi connectivity index (χ0v) is 12.3. The first-order valence-electron chi connectivity index (χ1n) is 7.02. The first-order chi connectivity index (χ1) is 8.97. The van der Waals surface area contributed by atoms with Crippen LogP contribution in [0.3, 0.4) is 0 Å². The van der Waals surface area contributed by atoms with Crippen molar-refractivity contribution in [1.82, 2.24) is 20.3 Å². The molecule has 0 fully saturated rings. The summed E-state index contributed by atoms with van der Waals surface area (Å²) in [4.78, 5) is 0. The van der Waals surface area contributed by atoms with E-state index in [-0.39, 0.29) is 5.54 Å². The second kappa shape index (κ2) is 5.70. The Kier molecular flexibility index (Phi) is 4.20. The molecule has 0 saturated heterocycles. The molecule has 2 aromatic rings. The number of fused-ring (bicyclic) bond motifs is 1. The van der Waals surface area contributed by atoms with Crippen molar-refractivity contribution in [2.24, 2.45) is 0 Å². The first-order valence-corrected chi connectivity index (χ1v) is 7.02. The van der Waals surface area contributed by atoms with Crippen LogP contribution in [0.4, 0.5) is 0 Å². The summed E-state index contributed by atoms with van der Waals surface area (Å²) in [6.07, 6.45) is 2.25. The molecule has 0 radical (unpaired) electrons. The number of para-hydroxylation sites is 1. The summed E-state index contributed by atoms with van der Waals surface area (Å²) >= 11 is 0. The average Bonchev–Trinajstić information content (AvgIpc) is 2.77. The van der Waals surface area contributed by atoms with Gasteiger partial charge in [-0.15, -0.1) is 5.10 Å². The SMILES string of the molecule is CC(CCCNC(C)(C)C)n1nnc2ccccc21. The average molecular weight is 260 g/mol. The maximum Gasteiger partial charge on any atom is 0.113 e. The molecule has 19 heavy (non-hydrogen) atoms. The van der Waals surface area contributed by atoms with Crippen molar-refractivity contribution in [3.63, 3.8) is 0 Å². The van der Waals surface area contributed by atoms with Gasteiger partial charge in [-0.1, -0.05) is 17.3 Å². The van der Waals surface area contributed by atoms with Gasteiger partial charge < -0.3 is 5.32 Å². The molecule has 1 heterocycles. The van der Waals surface area contributed by atoms with Crippen LogP contribution in [0.2, 0.25) is 0 Å². The number of rotatable bonds is 5. The van der Waals surface area contributed by atoms with Gasteiger partial charge in [0.05, 0.1) is 11.6 Å². The molecular formula is C15H24N4. The number of hydrogen-bond donors (Lipinski definition) is 1. The molecular weight excluding hydrogens is 236 g/mol. The fourth-order valence-electron chi connectivity index (χ4n) is 2.20. The molecule has 1 aromatic carbocycles. The number of aromatic nitrogens is 3. The number of benzene rings is 1. The third kappa shape index (κ3) is 3.77. The summed E-state index contributed by atoms with van der Waals surface area (Å²) in [5, 5.41) is 12.0. The topological polar surface area (TPSA) is 42.7 Å². The Hall–Kier alpha value is -1.42. The van der Waals surface area contributed by atoms with E-state index in [2.05, 4.69) is 49.4 Å². The molecule has 1 N–H and O–H groups in total. The van der Waals surface area contributed by atoms with Gasteiger partial charge >= 0.3 is 0 Å². The highest BCUT2D eigenvalue weighted by molar-refractivity contribution is 5.73. The lowest BCUT2D eigenvalue weighted by atomic mass is 10.1. The van der Waals surface area contributed by atoms with Crippen molar-refractivity contribution >= 4 is 11.0 Å². The van der Waals surface area contributed by atoms with Gasteiger partial charge in [0.15, 0.2) is 0 Å². The largest absolute Gasteiger partial charge is 0.312 e. The first kappa shape index (κ1) is 14.0. The molecule has 0 aliphatic heterocycles. The Labute approximate surface area is 115 Å². The molecule has 1 aromatic heterocycles. The van der Waals surface area contributed by atoms with E-state index in [0.717, 1.165) is 30.4 Å². The molecule has 104 valence electrons. The highest BCUT2D eigenvalue weighted by Crippen LogP contribution is 2.18. The van der Waals surface area contributed by atoms with E-state index in [9.17, 15) is 0 Å². The van der Waals surface area contributed by atoms with Gasteiger partial charge in [0.25, 0.3) is 0 Å². The summed E-state index contributed by atoms with van der Waals surface area (Å²) in [7, 11) is 0. The minimum Gasteiger partial charge on any atom is -0.312 e. The highest BCUT2D eigenvalue weighted by Gasteiger charge is 2.12. The van der Waals surface area contributed by atoms with E-state index in [1.54, 1.807) is 0 Å². The third-order valence-corrected chi connectivity index (χ3v) is 3.25. The van der Waals surface area contributed by atoms with Crippen molar-refractivity contribution in [2.75, 3.05) is 6.54 Å². The Morgan fingerprint density at radius 3 is 2.74 bits per heavy atom. The molecule has 4 heteroatoms. The second-order valence-electron chi connectivity index (χ2n) is 6.19. The van der Waals surface area contributed by atoms with Crippen molar-refractivity contribution in [2.45, 2.75) is 52.1 Å². The Morgan fingerprint density at radius 2 is 2.00 bits per heavy atom. The van der Waals surface area contributed by atoms with Crippen LogP contribution >= 0.6 is 0 Å². The molecule has 1 unspecified atom stereocenters. The van der Waals surface area contributed by atoms with Crippen LogP contribution < -0.4 is 5.32 Å². The van der Waals surface area contributed by atoms with Crippen LogP contribution in [0.15, 0.2) is 24.3 Å². The van der Waals surface area contributed by atoms with E-state index < -0.39 is 0 Å². The molecule has 1 atom stereocenters. The van der Waals surface area contributed by atoms with Gasteiger partial charge in [-0.3, -0.25) is 0 Å². The Bertz CT molecular complexity index is 524. The van der Waals surface area contributed by atoms with Crippen molar-refractivity contribution < 1.29 is 0 Å². The van der Waals surface area contributed by atoms with Crippen molar-refractivity contribution in [3.8, 4) is 0 Å². The molecule has 0 aliphatic carbocycles. The van der Waals surface area contributed by atoms with Crippen molar-refractivity contribution in [1.29, 1.82) is 0 Å². The lowest BCUT2D eigenvalue weighted by Gasteiger charge is -2.21. The predicted molar refractivity (Wildman–Crippen MR) is 79.2 cm³/mol. The van der Waals surface area contributed by atoms with Gasteiger partial charge in [0, 0.05) is 5.54 Å². The fraction of sp³-hybridized carbons (Fsp3) is 0.600. The zero-order valence-electron chi connectivity index (χ0n) is 12.3. The van der Waals surface area contributed by atoms with Crippen LogP contribution in [-0.4, -0.2) is 27.1 Å². The van der Waals surface area contributed by atoms with Gasteiger partial charge in [-0.2, -0.15) is 0 Å². The molecule has 2 rings (SSSR count). The molecule has 0 spiro atoms. The summed E-state index contributed by atoms with van der Waals surface area (Å²) in [6.45, 7) is 9.84. The molecule has 0 bridgehead atoms. The van der Waals surface area contributed by atoms with Crippen LogP contribution in [0.1, 0.15) is 46.6 Å². The van der Waals surface area contributed by atoms with Crippen LogP contribution in [0.25, 0.3) is 11.0 Å². The summed E-state index contributed by atoms with van der Waals surface area (Å²) < 4.78 is 2.03. The van der Waals surface area contributed by atoms with E-state index in [4.69, 9.17) is 0 Å². The van der Waals surface area contributed by atoms with E-state index >= 15 is 0 Å². The number of nitrogens with one attached hydrogen (secondary N) is 1. The standard InChI is InChI=1S/C15H24N4/c1-12(8-7-11-16-15(2,3)4)19-14-10-6-5-9-13(14)17-18-19/h5-6,9-10,12,16H,7-8,11H2,1-4H3.